The molecule has 1 unspecified atom stereocenters. The van der Waals surface area contributed by atoms with Gasteiger partial charge in [-0.3, -0.25) is 0 Å². The maximum absolute atomic E-state index is 4.38. The number of aryl methyl sites for hydroxylation is 1. The molecule has 4 heteroatoms. The Balaban J connectivity index is 2.08. The second kappa shape index (κ2) is 5.57. The zero-order valence-electron chi connectivity index (χ0n) is 11.5. The van der Waals surface area contributed by atoms with Gasteiger partial charge in [-0.05, 0) is 39.8 Å². The van der Waals surface area contributed by atoms with Crippen molar-refractivity contribution in [3.63, 3.8) is 0 Å². The van der Waals surface area contributed by atoms with Crippen molar-refractivity contribution in [3.05, 3.63) is 34.3 Å². The molecule has 0 aliphatic rings. The molecule has 2 aromatic heterocycles. The van der Waals surface area contributed by atoms with Crippen LogP contribution in [-0.4, -0.2) is 15.6 Å². The molecule has 2 rings (SSSR count). The number of aromatic nitrogens is 2. The summed E-state index contributed by atoms with van der Waals surface area (Å²) in [5.74, 6) is 0.964. The van der Waals surface area contributed by atoms with Crippen molar-refractivity contribution < 1.29 is 0 Å². The van der Waals surface area contributed by atoms with Crippen LogP contribution < -0.4 is 5.32 Å². The van der Waals surface area contributed by atoms with Crippen molar-refractivity contribution in [2.24, 2.45) is 0 Å². The van der Waals surface area contributed by atoms with Gasteiger partial charge in [0.2, 0.25) is 5.95 Å². The van der Waals surface area contributed by atoms with Gasteiger partial charge in [0.05, 0.1) is 0 Å². The quantitative estimate of drug-likeness (QED) is 0.887. The van der Waals surface area contributed by atoms with Crippen molar-refractivity contribution in [1.82, 2.24) is 9.55 Å². The van der Waals surface area contributed by atoms with Crippen LogP contribution in [0.5, 0.6) is 0 Å². The highest BCUT2D eigenvalue weighted by Gasteiger charge is 2.12. The van der Waals surface area contributed by atoms with Gasteiger partial charge in [-0.15, -0.1) is 11.3 Å². The average Bonchev–Trinajstić information content (AvgIpc) is 2.87. The largest absolute Gasteiger partial charge is 0.353 e. The molecule has 3 nitrogen and oxygen atoms in total. The van der Waals surface area contributed by atoms with Crippen molar-refractivity contribution in [2.45, 2.75) is 46.2 Å². The minimum absolute atomic E-state index is 0.405. The predicted molar refractivity (Wildman–Crippen MR) is 78.5 cm³/mol. The first kappa shape index (κ1) is 13.1. The number of hydrogen-bond acceptors (Lipinski definition) is 3. The van der Waals surface area contributed by atoms with Crippen LogP contribution in [0.2, 0.25) is 0 Å². The molecule has 1 N–H and O–H groups in total. The smallest absolute Gasteiger partial charge is 0.203 e. The Morgan fingerprint density at radius 2 is 2.11 bits per heavy atom. The second-order valence-corrected chi connectivity index (χ2v) is 6.40. The lowest BCUT2D eigenvalue weighted by molar-refractivity contribution is 0.551. The molecule has 1 atom stereocenters. The molecule has 0 saturated heterocycles. The van der Waals surface area contributed by atoms with E-state index in [0.29, 0.717) is 12.1 Å². The maximum atomic E-state index is 4.38. The number of thiophene rings is 1. The normalized spacial score (nSPS) is 12.9. The van der Waals surface area contributed by atoms with Gasteiger partial charge in [0.1, 0.15) is 0 Å². The van der Waals surface area contributed by atoms with E-state index < -0.39 is 0 Å². The van der Waals surface area contributed by atoms with Crippen LogP contribution in [0.15, 0.2) is 24.5 Å². The van der Waals surface area contributed by atoms with Gasteiger partial charge in [-0.25, -0.2) is 4.98 Å². The predicted octanol–water partition coefficient (Wildman–Crippen LogP) is 3.88. The van der Waals surface area contributed by atoms with Gasteiger partial charge in [0.15, 0.2) is 0 Å². The van der Waals surface area contributed by atoms with Gasteiger partial charge < -0.3 is 9.88 Å². The van der Waals surface area contributed by atoms with Gasteiger partial charge in [0.25, 0.3) is 0 Å². The van der Waals surface area contributed by atoms with Crippen molar-refractivity contribution >= 4 is 17.3 Å². The maximum Gasteiger partial charge on any atom is 0.203 e. The number of hydrogen-bond donors (Lipinski definition) is 1. The van der Waals surface area contributed by atoms with Crippen molar-refractivity contribution in [3.8, 4) is 0 Å². The zero-order valence-corrected chi connectivity index (χ0v) is 12.3. The summed E-state index contributed by atoms with van der Waals surface area (Å²) in [5.41, 5.74) is 0. The Morgan fingerprint density at radius 3 is 2.72 bits per heavy atom. The van der Waals surface area contributed by atoms with Crippen molar-refractivity contribution in [1.29, 1.82) is 0 Å². The number of nitrogens with one attached hydrogen (secondary N) is 1. The molecule has 0 fully saturated rings. The molecule has 0 radical (unpaired) electrons. The number of anilines is 1. The minimum Gasteiger partial charge on any atom is -0.353 e. The van der Waals surface area contributed by atoms with E-state index >= 15 is 0 Å². The van der Waals surface area contributed by atoms with Crippen LogP contribution in [0.25, 0.3) is 0 Å². The third-order valence-electron chi connectivity index (χ3n) is 2.85. The molecule has 2 aromatic rings. The van der Waals surface area contributed by atoms with Crippen LogP contribution in [0.3, 0.4) is 0 Å². The van der Waals surface area contributed by atoms with E-state index in [9.17, 15) is 0 Å². The van der Waals surface area contributed by atoms with E-state index in [0.717, 1.165) is 12.4 Å². The fourth-order valence-electron chi connectivity index (χ4n) is 2.02. The molecule has 0 spiro atoms. The zero-order chi connectivity index (χ0) is 13.1. The van der Waals surface area contributed by atoms with E-state index in [2.05, 4.69) is 60.9 Å². The Kier molecular flexibility index (Phi) is 4.07. The summed E-state index contributed by atoms with van der Waals surface area (Å²) in [4.78, 5) is 7.19. The molecule has 2 heterocycles. The molecular formula is C14H21N3S. The fourth-order valence-corrected chi connectivity index (χ4v) is 3.03. The molecule has 0 aromatic carbocycles. The molecule has 98 valence electrons. The highest BCUT2D eigenvalue weighted by Crippen LogP contribution is 2.23. The molecule has 0 saturated carbocycles. The van der Waals surface area contributed by atoms with Crippen LogP contribution in [0.4, 0.5) is 5.95 Å². The van der Waals surface area contributed by atoms with E-state index in [1.165, 1.54) is 9.75 Å². The highest BCUT2D eigenvalue weighted by molar-refractivity contribution is 7.11. The lowest BCUT2D eigenvalue weighted by atomic mass is 10.2. The Bertz CT molecular complexity index is 499. The Morgan fingerprint density at radius 1 is 1.33 bits per heavy atom. The number of imidazole rings is 1. The highest BCUT2D eigenvalue weighted by atomic mass is 32.1. The van der Waals surface area contributed by atoms with E-state index in [1.54, 1.807) is 0 Å². The first-order valence-corrected chi connectivity index (χ1v) is 7.22. The number of nitrogens with zero attached hydrogens (tertiary/aromatic N) is 2. The molecule has 0 amide bonds. The summed E-state index contributed by atoms with van der Waals surface area (Å²) in [6.07, 6.45) is 4.97. The SMILES string of the molecule is Cc1ccc(CC(C)n2ccnc2NC(C)C)s1. The third kappa shape index (κ3) is 3.13. The van der Waals surface area contributed by atoms with Crippen LogP contribution in [0.1, 0.15) is 36.6 Å². The summed E-state index contributed by atoms with van der Waals surface area (Å²) in [7, 11) is 0. The first-order valence-electron chi connectivity index (χ1n) is 6.41. The van der Waals surface area contributed by atoms with Gasteiger partial charge >= 0.3 is 0 Å². The van der Waals surface area contributed by atoms with Crippen LogP contribution in [0, 0.1) is 6.92 Å². The first-order chi connectivity index (χ1) is 8.56. The lowest BCUT2D eigenvalue weighted by Crippen LogP contribution is -2.17. The Hall–Kier alpha value is -1.29. The fraction of sp³-hybridized carbons (Fsp3) is 0.500. The van der Waals surface area contributed by atoms with E-state index in [4.69, 9.17) is 0 Å². The van der Waals surface area contributed by atoms with Gasteiger partial charge in [-0.1, -0.05) is 0 Å². The molecule has 18 heavy (non-hydrogen) atoms. The Labute approximate surface area is 113 Å². The monoisotopic (exact) mass is 263 g/mol. The summed E-state index contributed by atoms with van der Waals surface area (Å²) in [6, 6.07) is 5.24. The minimum atomic E-state index is 0.405. The summed E-state index contributed by atoms with van der Waals surface area (Å²) in [6.45, 7) is 8.66. The van der Waals surface area contributed by atoms with Crippen molar-refractivity contribution in [2.75, 3.05) is 5.32 Å². The summed E-state index contributed by atoms with van der Waals surface area (Å²) < 4.78 is 2.22. The van der Waals surface area contributed by atoms with Crippen LogP contribution in [-0.2, 0) is 6.42 Å². The van der Waals surface area contributed by atoms with E-state index in [1.807, 2.05) is 17.5 Å². The summed E-state index contributed by atoms with van der Waals surface area (Å²) in [5, 5.41) is 3.38. The van der Waals surface area contributed by atoms with Gasteiger partial charge in [0, 0.05) is 40.7 Å². The summed E-state index contributed by atoms with van der Waals surface area (Å²) >= 11 is 1.88. The second-order valence-electron chi connectivity index (χ2n) is 5.02. The molecule has 0 aliphatic heterocycles. The molecular weight excluding hydrogens is 242 g/mol. The van der Waals surface area contributed by atoms with Crippen LogP contribution >= 0.6 is 11.3 Å². The van der Waals surface area contributed by atoms with E-state index in [-0.39, 0.29) is 0 Å². The average molecular weight is 263 g/mol. The number of rotatable bonds is 5. The molecule has 0 bridgehead atoms. The van der Waals surface area contributed by atoms with Gasteiger partial charge in [-0.2, -0.15) is 0 Å². The standard InChI is InChI=1S/C14H21N3S/c1-10(2)16-14-15-7-8-17(14)11(3)9-13-6-5-12(4)18-13/h5-8,10-11H,9H2,1-4H3,(H,15,16). The molecule has 0 aliphatic carbocycles. The third-order valence-corrected chi connectivity index (χ3v) is 3.88. The topological polar surface area (TPSA) is 29.9 Å². The lowest BCUT2D eigenvalue weighted by Gasteiger charge is -2.17.